The number of hydrogen-bond donors (Lipinski definition) is 2. The molecule has 20 heavy (non-hydrogen) atoms. The van der Waals surface area contributed by atoms with Gasteiger partial charge in [-0.3, -0.25) is 4.98 Å². The molecule has 0 spiro atoms. The van der Waals surface area contributed by atoms with Gasteiger partial charge in [-0.1, -0.05) is 25.7 Å². The topological polar surface area (TPSA) is 70.9 Å². The first kappa shape index (κ1) is 13.2. The summed E-state index contributed by atoms with van der Waals surface area (Å²) in [6.07, 6.45) is 9.70. The van der Waals surface area contributed by atoms with Crippen molar-refractivity contribution in [2.45, 2.75) is 44.1 Å². The van der Waals surface area contributed by atoms with Crippen molar-refractivity contribution in [3.63, 3.8) is 0 Å². The van der Waals surface area contributed by atoms with Gasteiger partial charge in [0.2, 0.25) is 0 Å². The quantitative estimate of drug-likeness (QED) is 0.840. The van der Waals surface area contributed by atoms with E-state index in [9.17, 15) is 5.11 Å². The van der Waals surface area contributed by atoms with E-state index in [1.54, 1.807) is 12.4 Å². The Hall–Kier alpha value is -1.75. The Morgan fingerprint density at radius 3 is 2.60 bits per heavy atom. The predicted molar refractivity (Wildman–Crippen MR) is 78.5 cm³/mol. The van der Waals surface area contributed by atoms with Crippen molar-refractivity contribution in [1.29, 1.82) is 0 Å². The summed E-state index contributed by atoms with van der Waals surface area (Å²) in [5, 5.41) is 13.9. The summed E-state index contributed by atoms with van der Waals surface area (Å²) >= 11 is 0. The van der Waals surface area contributed by atoms with Crippen molar-refractivity contribution in [2.75, 3.05) is 11.9 Å². The van der Waals surface area contributed by atoms with Crippen LogP contribution in [0.3, 0.4) is 0 Å². The molecule has 0 bridgehead atoms. The van der Waals surface area contributed by atoms with Gasteiger partial charge in [0.1, 0.15) is 11.3 Å². The Morgan fingerprint density at radius 1 is 1.05 bits per heavy atom. The van der Waals surface area contributed by atoms with Crippen molar-refractivity contribution in [3.05, 3.63) is 24.5 Å². The fourth-order valence-corrected chi connectivity index (χ4v) is 2.77. The molecule has 5 nitrogen and oxygen atoms in total. The summed E-state index contributed by atoms with van der Waals surface area (Å²) in [6.45, 7) is 0.547. The van der Waals surface area contributed by atoms with E-state index in [1.807, 2.05) is 12.1 Å². The fraction of sp³-hybridized carbons (Fsp3) is 0.533. The maximum Gasteiger partial charge on any atom is 0.180 e. The Morgan fingerprint density at radius 2 is 1.80 bits per heavy atom. The summed E-state index contributed by atoms with van der Waals surface area (Å²) in [5.74, 6) is 0.746. The third-order valence-corrected chi connectivity index (χ3v) is 3.96. The van der Waals surface area contributed by atoms with Crippen LogP contribution in [0.5, 0.6) is 0 Å². The number of nitrogens with one attached hydrogen (secondary N) is 1. The number of rotatable bonds is 3. The Balaban J connectivity index is 1.69. The second-order valence-corrected chi connectivity index (χ2v) is 5.59. The van der Waals surface area contributed by atoms with Crippen LogP contribution in [0.2, 0.25) is 0 Å². The van der Waals surface area contributed by atoms with E-state index in [1.165, 1.54) is 12.8 Å². The van der Waals surface area contributed by atoms with Crippen molar-refractivity contribution < 1.29 is 5.11 Å². The smallest absolute Gasteiger partial charge is 0.180 e. The molecule has 1 fully saturated rings. The van der Waals surface area contributed by atoms with Crippen molar-refractivity contribution >= 4 is 17.0 Å². The van der Waals surface area contributed by atoms with Gasteiger partial charge in [0.05, 0.1) is 5.60 Å². The van der Waals surface area contributed by atoms with Crippen LogP contribution in [0.4, 0.5) is 5.82 Å². The molecule has 106 valence electrons. The highest BCUT2D eigenvalue weighted by Gasteiger charge is 2.27. The van der Waals surface area contributed by atoms with Crippen molar-refractivity contribution in [1.82, 2.24) is 15.0 Å². The van der Waals surface area contributed by atoms with Gasteiger partial charge in [0, 0.05) is 18.9 Å². The zero-order chi connectivity index (χ0) is 13.8. The minimum absolute atomic E-state index is 0.547. The van der Waals surface area contributed by atoms with Crippen LogP contribution in [0.15, 0.2) is 24.5 Å². The highest BCUT2D eigenvalue weighted by molar-refractivity contribution is 5.71. The molecule has 0 atom stereocenters. The first-order valence-electron chi connectivity index (χ1n) is 7.29. The number of aromatic nitrogens is 3. The molecule has 1 saturated carbocycles. The number of fused-ring (bicyclic) bond motifs is 1. The minimum atomic E-state index is -0.602. The monoisotopic (exact) mass is 272 g/mol. The van der Waals surface area contributed by atoms with Gasteiger partial charge in [-0.25, -0.2) is 9.97 Å². The van der Waals surface area contributed by atoms with Crippen molar-refractivity contribution in [3.8, 4) is 0 Å². The molecule has 5 heteroatoms. The van der Waals surface area contributed by atoms with Crippen LogP contribution in [-0.4, -0.2) is 32.2 Å². The van der Waals surface area contributed by atoms with Crippen LogP contribution < -0.4 is 5.32 Å². The molecule has 0 saturated heterocycles. The normalized spacial score (nSPS) is 18.6. The van der Waals surface area contributed by atoms with E-state index in [0.717, 1.165) is 37.0 Å². The van der Waals surface area contributed by atoms with E-state index < -0.39 is 5.60 Å². The van der Waals surface area contributed by atoms with Crippen LogP contribution in [-0.2, 0) is 0 Å². The molecule has 1 aliphatic rings. The van der Waals surface area contributed by atoms with Gasteiger partial charge in [-0.2, -0.15) is 0 Å². The number of aliphatic hydroxyl groups is 1. The van der Waals surface area contributed by atoms with Gasteiger partial charge < -0.3 is 10.4 Å². The Bertz CT molecular complexity index is 579. The van der Waals surface area contributed by atoms with E-state index in [4.69, 9.17) is 0 Å². The zero-order valence-electron chi connectivity index (χ0n) is 11.5. The molecule has 1 aliphatic carbocycles. The van der Waals surface area contributed by atoms with Gasteiger partial charge in [-0.05, 0) is 25.0 Å². The van der Waals surface area contributed by atoms with E-state index in [0.29, 0.717) is 12.2 Å². The predicted octanol–water partition coefficient (Wildman–Crippen LogP) is 2.52. The Labute approximate surface area is 118 Å². The summed E-state index contributed by atoms with van der Waals surface area (Å²) < 4.78 is 0. The third kappa shape index (κ3) is 3.04. The molecule has 0 radical (unpaired) electrons. The fourth-order valence-electron chi connectivity index (χ4n) is 2.77. The number of nitrogens with zero attached hydrogens (tertiary/aromatic N) is 3. The highest BCUT2D eigenvalue weighted by Crippen LogP contribution is 2.27. The zero-order valence-corrected chi connectivity index (χ0v) is 11.5. The van der Waals surface area contributed by atoms with Crippen LogP contribution in [0, 0.1) is 0 Å². The lowest BCUT2D eigenvalue weighted by atomic mass is 9.94. The molecule has 0 aromatic carbocycles. The highest BCUT2D eigenvalue weighted by atomic mass is 16.3. The SMILES string of the molecule is OC1(CNc2ccc3nccnc3n2)CCCCCC1. The summed E-state index contributed by atoms with van der Waals surface area (Å²) in [5.41, 5.74) is 0.812. The second kappa shape index (κ2) is 5.71. The molecular weight excluding hydrogens is 252 g/mol. The summed E-state index contributed by atoms with van der Waals surface area (Å²) in [6, 6.07) is 3.78. The maximum absolute atomic E-state index is 10.6. The summed E-state index contributed by atoms with van der Waals surface area (Å²) in [4.78, 5) is 12.8. The molecule has 3 rings (SSSR count). The average molecular weight is 272 g/mol. The first-order valence-corrected chi connectivity index (χ1v) is 7.29. The summed E-state index contributed by atoms with van der Waals surface area (Å²) in [7, 11) is 0. The Kier molecular flexibility index (Phi) is 3.78. The molecule has 0 unspecified atom stereocenters. The van der Waals surface area contributed by atoms with Gasteiger partial charge in [-0.15, -0.1) is 0 Å². The lowest BCUT2D eigenvalue weighted by Gasteiger charge is -2.27. The lowest BCUT2D eigenvalue weighted by molar-refractivity contribution is 0.0380. The van der Waals surface area contributed by atoms with E-state index >= 15 is 0 Å². The largest absolute Gasteiger partial charge is 0.388 e. The van der Waals surface area contributed by atoms with E-state index in [-0.39, 0.29) is 0 Å². The number of hydrogen-bond acceptors (Lipinski definition) is 5. The third-order valence-electron chi connectivity index (χ3n) is 3.96. The second-order valence-electron chi connectivity index (χ2n) is 5.59. The minimum Gasteiger partial charge on any atom is -0.388 e. The molecule has 2 N–H and O–H groups in total. The molecule has 0 amide bonds. The van der Waals surface area contributed by atoms with Gasteiger partial charge in [0.15, 0.2) is 5.65 Å². The molecule has 2 aromatic heterocycles. The molecular formula is C15H20N4O. The number of anilines is 1. The van der Waals surface area contributed by atoms with Gasteiger partial charge >= 0.3 is 0 Å². The van der Waals surface area contributed by atoms with Crippen LogP contribution >= 0.6 is 0 Å². The van der Waals surface area contributed by atoms with Crippen LogP contribution in [0.1, 0.15) is 38.5 Å². The number of pyridine rings is 1. The first-order chi connectivity index (χ1) is 9.75. The van der Waals surface area contributed by atoms with Crippen molar-refractivity contribution in [2.24, 2.45) is 0 Å². The van der Waals surface area contributed by atoms with Crippen LogP contribution in [0.25, 0.3) is 11.2 Å². The van der Waals surface area contributed by atoms with Gasteiger partial charge in [0.25, 0.3) is 0 Å². The standard InChI is InChI=1S/C15H20N4O/c20-15(7-3-1-2-4-8-15)11-18-13-6-5-12-14(19-13)17-10-9-16-12/h5-6,9-10,20H,1-4,7-8,11H2,(H,17,18,19). The lowest BCUT2D eigenvalue weighted by Crippen LogP contribution is -2.36. The average Bonchev–Trinajstić information content (AvgIpc) is 2.70. The van der Waals surface area contributed by atoms with E-state index in [2.05, 4.69) is 20.3 Å². The molecule has 2 aromatic rings. The molecule has 0 aliphatic heterocycles. The maximum atomic E-state index is 10.6. The molecule has 2 heterocycles.